The summed E-state index contributed by atoms with van der Waals surface area (Å²) in [6.07, 6.45) is -4.86. The Balaban J connectivity index is 2.08. The lowest BCUT2D eigenvalue weighted by Crippen LogP contribution is -2.20. The molecule has 0 spiro atoms. The molecule has 0 fully saturated rings. The van der Waals surface area contributed by atoms with Crippen LogP contribution in [0.15, 0.2) is 42.5 Å². The van der Waals surface area contributed by atoms with Crippen molar-refractivity contribution in [2.45, 2.75) is 6.36 Å². The molecule has 122 valence electrons. The molecule has 0 unspecified atom stereocenters. The summed E-state index contributed by atoms with van der Waals surface area (Å²) in [4.78, 5) is 11.8. The molecule has 2 aromatic carbocycles. The van der Waals surface area contributed by atoms with Gasteiger partial charge in [-0.3, -0.25) is 0 Å². The first-order chi connectivity index (χ1) is 10.7. The smallest absolute Gasteiger partial charge is 0.406 e. The van der Waals surface area contributed by atoms with E-state index in [9.17, 15) is 18.0 Å². The third kappa shape index (κ3) is 5.88. The minimum absolute atomic E-state index is 0.0233. The zero-order valence-electron chi connectivity index (χ0n) is 11.2. The topological polar surface area (TPSA) is 50.4 Å². The average molecular weight is 365 g/mol. The van der Waals surface area contributed by atoms with E-state index in [-0.39, 0.29) is 10.7 Å². The predicted octanol–water partition coefficient (Wildman–Crippen LogP) is 5.54. The molecule has 23 heavy (non-hydrogen) atoms. The summed E-state index contributed by atoms with van der Waals surface area (Å²) in [5.41, 5.74) is 0.458. The average Bonchev–Trinajstić information content (AvgIpc) is 2.35. The van der Waals surface area contributed by atoms with E-state index in [1.165, 1.54) is 12.1 Å². The minimum Gasteiger partial charge on any atom is -0.406 e. The molecular formula is C14H9Cl2F3N2O2. The highest BCUT2D eigenvalue weighted by molar-refractivity contribution is 6.31. The minimum atomic E-state index is -4.86. The molecule has 0 aromatic heterocycles. The number of amides is 2. The fraction of sp³-hybridized carbons (Fsp3) is 0.0714. The molecule has 2 rings (SSSR count). The molecule has 0 atom stereocenters. The van der Waals surface area contributed by atoms with Gasteiger partial charge < -0.3 is 15.4 Å². The van der Waals surface area contributed by atoms with Gasteiger partial charge in [0.1, 0.15) is 5.75 Å². The Morgan fingerprint density at radius 3 is 2.26 bits per heavy atom. The zero-order valence-corrected chi connectivity index (χ0v) is 12.8. The summed E-state index contributed by atoms with van der Waals surface area (Å²) in [5, 5.41) is 5.23. The molecule has 0 aliphatic rings. The number of benzene rings is 2. The first-order valence-corrected chi connectivity index (χ1v) is 6.87. The molecule has 2 amide bonds. The van der Waals surface area contributed by atoms with Crippen LogP contribution < -0.4 is 15.4 Å². The fourth-order valence-electron chi connectivity index (χ4n) is 1.69. The Morgan fingerprint density at radius 2 is 1.61 bits per heavy atom. The van der Waals surface area contributed by atoms with Gasteiger partial charge in [-0.05, 0) is 30.3 Å². The zero-order chi connectivity index (χ0) is 17.0. The highest BCUT2D eigenvalue weighted by atomic mass is 35.5. The monoisotopic (exact) mass is 364 g/mol. The van der Waals surface area contributed by atoms with Crippen LogP contribution in [0.1, 0.15) is 0 Å². The van der Waals surface area contributed by atoms with Crippen LogP contribution >= 0.6 is 23.2 Å². The lowest BCUT2D eigenvalue weighted by molar-refractivity contribution is -0.274. The number of urea groups is 1. The summed E-state index contributed by atoms with van der Waals surface area (Å²) in [6, 6.07) is 8.95. The van der Waals surface area contributed by atoms with Crippen LogP contribution in [-0.2, 0) is 0 Å². The van der Waals surface area contributed by atoms with Gasteiger partial charge in [0.2, 0.25) is 0 Å². The van der Waals surface area contributed by atoms with Gasteiger partial charge in [0, 0.05) is 27.5 Å². The van der Waals surface area contributed by atoms with E-state index in [2.05, 4.69) is 15.4 Å². The molecule has 0 saturated carbocycles. The molecule has 2 aromatic rings. The maximum absolute atomic E-state index is 12.2. The Kier molecular flexibility index (Phi) is 5.23. The summed E-state index contributed by atoms with van der Waals surface area (Å²) < 4.78 is 40.4. The third-order valence-corrected chi connectivity index (χ3v) is 2.90. The van der Waals surface area contributed by atoms with E-state index in [1.807, 2.05) is 0 Å². The first kappa shape index (κ1) is 17.2. The van der Waals surface area contributed by atoms with E-state index in [0.717, 1.165) is 12.1 Å². The molecule has 0 bridgehead atoms. The highest BCUT2D eigenvalue weighted by Gasteiger charge is 2.31. The molecule has 2 N–H and O–H groups in total. The van der Waals surface area contributed by atoms with Crippen molar-refractivity contribution in [2.24, 2.45) is 0 Å². The second kappa shape index (κ2) is 6.97. The van der Waals surface area contributed by atoms with Gasteiger partial charge in [0.05, 0.1) is 0 Å². The van der Waals surface area contributed by atoms with Gasteiger partial charge in [0.15, 0.2) is 0 Å². The van der Waals surface area contributed by atoms with E-state index < -0.39 is 18.1 Å². The van der Waals surface area contributed by atoms with Gasteiger partial charge >= 0.3 is 12.4 Å². The van der Waals surface area contributed by atoms with Crippen molar-refractivity contribution in [1.29, 1.82) is 0 Å². The van der Waals surface area contributed by atoms with Crippen molar-refractivity contribution in [3.63, 3.8) is 0 Å². The number of halogens is 5. The fourth-order valence-corrected chi connectivity index (χ4v) is 2.10. The molecule has 0 aliphatic heterocycles. The van der Waals surface area contributed by atoms with E-state index in [1.54, 1.807) is 18.2 Å². The van der Waals surface area contributed by atoms with Gasteiger partial charge in [-0.1, -0.05) is 29.3 Å². The van der Waals surface area contributed by atoms with Crippen LogP contribution in [0.25, 0.3) is 0 Å². The normalized spacial score (nSPS) is 11.0. The van der Waals surface area contributed by atoms with Crippen LogP contribution in [0.5, 0.6) is 5.75 Å². The number of hydrogen-bond donors (Lipinski definition) is 2. The Morgan fingerprint density at radius 1 is 0.957 bits per heavy atom. The quantitative estimate of drug-likeness (QED) is 0.751. The molecule has 0 radical (unpaired) electrons. The van der Waals surface area contributed by atoms with E-state index in [0.29, 0.717) is 10.7 Å². The molecule has 4 nitrogen and oxygen atoms in total. The van der Waals surface area contributed by atoms with Crippen LogP contribution in [0.4, 0.5) is 29.3 Å². The standard InChI is InChI=1S/C14H9Cl2F3N2O2/c15-8-2-1-3-10(4-8)20-13(22)21-11-5-9(16)6-12(7-11)23-14(17,18)19/h1-7H,(H2,20,21,22). The van der Waals surface area contributed by atoms with Crippen LogP contribution in [0.3, 0.4) is 0 Å². The maximum atomic E-state index is 12.2. The number of anilines is 2. The number of nitrogens with one attached hydrogen (secondary N) is 2. The Labute approximate surface area is 139 Å². The molecule has 0 aliphatic carbocycles. The van der Waals surface area contributed by atoms with Gasteiger partial charge in [0.25, 0.3) is 0 Å². The summed E-state index contributed by atoms with van der Waals surface area (Å²) in [5.74, 6) is -0.539. The first-order valence-electron chi connectivity index (χ1n) is 6.11. The lowest BCUT2D eigenvalue weighted by Gasteiger charge is -2.12. The van der Waals surface area contributed by atoms with Gasteiger partial charge in [-0.25, -0.2) is 4.79 Å². The Hall–Kier alpha value is -2.12. The number of carbonyl (C=O) groups excluding carboxylic acids is 1. The summed E-state index contributed by atoms with van der Waals surface area (Å²) in [6.45, 7) is 0. The predicted molar refractivity (Wildman–Crippen MR) is 82.2 cm³/mol. The molecule has 0 saturated heterocycles. The summed E-state index contributed by atoms with van der Waals surface area (Å²) >= 11 is 11.5. The highest BCUT2D eigenvalue weighted by Crippen LogP contribution is 2.29. The van der Waals surface area contributed by atoms with E-state index in [4.69, 9.17) is 23.2 Å². The van der Waals surface area contributed by atoms with Crippen molar-refractivity contribution in [3.05, 3.63) is 52.5 Å². The molecular weight excluding hydrogens is 356 g/mol. The van der Waals surface area contributed by atoms with E-state index >= 15 is 0 Å². The van der Waals surface area contributed by atoms with Crippen molar-refractivity contribution in [3.8, 4) is 5.75 Å². The van der Waals surface area contributed by atoms with Gasteiger partial charge in [-0.15, -0.1) is 13.2 Å². The molecule has 9 heteroatoms. The number of hydrogen-bond acceptors (Lipinski definition) is 2. The second-order valence-electron chi connectivity index (χ2n) is 4.31. The van der Waals surface area contributed by atoms with Gasteiger partial charge in [-0.2, -0.15) is 0 Å². The van der Waals surface area contributed by atoms with Crippen LogP contribution in [0, 0.1) is 0 Å². The number of rotatable bonds is 3. The third-order valence-electron chi connectivity index (χ3n) is 2.45. The largest absolute Gasteiger partial charge is 0.573 e. The second-order valence-corrected chi connectivity index (χ2v) is 5.19. The summed E-state index contributed by atoms with van der Waals surface area (Å²) in [7, 11) is 0. The van der Waals surface area contributed by atoms with Crippen molar-refractivity contribution in [2.75, 3.05) is 10.6 Å². The van der Waals surface area contributed by atoms with Crippen molar-refractivity contribution < 1.29 is 22.7 Å². The molecule has 0 heterocycles. The van der Waals surface area contributed by atoms with Crippen LogP contribution in [0.2, 0.25) is 10.0 Å². The van der Waals surface area contributed by atoms with Crippen molar-refractivity contribution >= 4 is 40.6 Å². The Bertz CT molecular complexity index is 723. The van der Waals surface area contributed by atoms with Crippen LogP contribution in [-0.4, -0.2) is 12.4 Å². The number of carbonyl (C=O) groups is 1. The lowest BCUT2D eigenvalue weighted by atomic mass is 10.3. The maximum Gasteiger partial charge on any atom is 0.573 e. The van der Waals surface area contributed by atoms with Crippen molar-refractivity contribution in [1.82, 2.24) is 0 Å². The SMILES string of the molecule is O=C(Nc1cccc(Cl)c1)Nc1cc(Cl)cc(OC(F)(F)F)c1. The number of ether oxygens (including phenoxy) is 1. The number of alkyl halides is 3.